The zero-order chi connectivity index (χ0) is 8.10. The van der Waals surface area contributed by atoms with Gasteiger partial charge >= 0.3 is 0 Å². The average molecular weight is 153 g/mol. The Morgan fingerprint density at radius 3 is 2.73 bits per heavy atom. The van der Waals surface area contributed by atoms with Gasteiger partial charge in [-0.3, -0.25) is 0 Å². The van der Waals surface area contributed by atoms with Crippen molar-refractivity contribution in [1.82, 2.24) is 5.32 Å². The second-order valence-corrected chi connectivity index (χ2v) is 3.41. The van der Waals surface area contributed by atoms with Gasteiger partial charge in [0.25, 0.3) is 0 Å². The Balaban J connectivity index is 2.18. The first-order valence-electron chi connectivity index (χ1n) is 4.74. The van der Waals surface area contributed by atoms with E-state index < -0.39 is 0 Å². The first-order valence-corrected chi connectivity index (χ1v) is 4.74. The van der Waals surface area contributed by atoms with Gasteiger partial charge in [-0.1, -0.05) is 19.4 Å². The molecule has 1 N–H and O–H groups in total. The Morgan fingerprint density at radius 1 is 1.64 bits per heavy atom. The maximum atomic E-state index is 3.85. The normalized spacial score (nSPS) is 20.8. The van der Waals surface area contributed by atoms with E-state index in [4.69, 9.17) is 0 Å². The van der Waals surface area contributed by atoms with Crippen LogP contribution in [-0.2, 0) is 0 Å². The van der Waals surface area contributed by atoms with E-state index in [1.807, 2.05) is 0 Å². The molecular weight excluding hydrogens is 134 g/mol. The Morgan fingerprint density at radius 2 is 2.36 bits per heavy atom. The minimum absolute atomic E-state index is 0.587. The number of hydrogen-bond acceptors (Lipinski definition) is 1. The van der Waals surface area contributed by atoms with Crippen molar-refractivity contribution in [3.05, 3.63) is 12.7 Å². The monoisotopic (exact) mass is 153 g/mol. The third kappa shape index (κ3) is 2.33. The molecule has 1 unspecified atom stereocenters. The number of rotatable bonds is 5. The van der Waals surface area contributed by atoms with Crippen LogP contribution < -0.4 is 5.32 Å². The van der Waals surface area contributed by atoms with Crippen molar-refractivity contribution >= 4 is 0 Å². The summed E-state index contributed by atoms with van der Waals surface area (Å²) in [6, 6.07) is 0.587. The van der Waals surface area contributed by atoms with Crippen molar-refractivity contribution in [2.24, 2.45) is 5.92 Å². The fourth-order valence-corrected chi connectivity index (χ4v) is 1.55. The van der Waals surface area contributed by atoms with Gasteiger partial charge in [-0.15, -0.1) is 6.58 Å². The summed E-state index contributed by atoms with van der Waals surface area (Å²) in [7, 11) is 0. The van der Waals surface area contributed by atoms with Crippen molar-refractivity contribution in [3.63, 3.8) is 0 Å². The zero-order valence-electron chi connectivity index (χ0n) is 7.47. The molecule has 0 heterocycles. The maximum absolute atomic E-state index is 3.85. The summed E-state index contributed by atoms with van der Waals surface area (Å²) in [6.45, 7) is 7.19. The van der Waals surface area contributed by atoms with Crippen molar-refractivity contribution in [3.8, 4) is 0 Å². The molecule has 1 fully saturated rings. The minimum Gasteiger partial charge on any atom is -0.310 e. The SMILES string of the molecule is C=CC(NCCC)C1CCC1. The van der Waals surface area contributed by atoms with Crippen LogP contribution in [0.3, 0.4) is 0 Å². The van der Waals surface area contributed by atoms with Crippen LogP contribution in [0.2, 0.25) is 0 Å². The fraction of sp³-hybridized carbons (Fsp3) is 0.800. The quantitative estimate of drug-likeness (QED) is 0.598. The number of nitrogens with one attached hydrogen (secondary N) is 1. The van der Waals surface area contributed by atoms with Crippen molar-refractivity contribution in [2.45, 2.75) is 38.6 Å². The molecular formula is C10H19N. The van der Waals surface area contributed by atoms with E-state index in [0.717, 1.165) is 12.5 Å². The molecule has 0 aromatic heterocycles. The summed E-state index contributed by atoms with van der Waals surface area (Å²) in [5.74, 6) is 0.888. The van der Waals surface area contributed by atoms with Crippen molar-refractivity contribution in [2.75, 3.05) is 6.54 Å². The Bertz CT molecular complexity index is 116. The lowest BCUT2D eigenvalue weighted by molar-refractivity contribution is 0.260. The van der Waals surface area contributed by atoms with Crippen molar-refractivity contribution < 1.29 is 0 Å². The van der Waals surface area contributed by atoms with Crippen LogP contribution >= 0.6 is 0 Å². The van der Waals surface area contributed by atoms with Crippen LogP contribution in [-0.4, -0.2) is 12.6 Å². The maximum Gasteiger partial charge on any atom is 0.0275 e. The Labute approximate surface area is 69.9 Å². The molecule has 0 spiro atoms. The van der Waals surface area contributed by atoms with Crippen LogP contribution in [0.5, 0.6) is 0 Å². The summed E-state index contributed by atoms with van der Waals surface area (Å²) in [6.07, 6.45) is 7.50. The van der Waals surface area contributed by atoms with E-state index in [2.05, 4.69) is 24.9 Å². The summed E-state index contributed by atoms with van der Waals surface area (Å²) >= 11 is 0. The highest BCUT2D eigenvalue weighted by Gasteiger charge is 2.23. The standard InChI is InChI=1S/C10H19N/c1-3-8-11-10(4-2)9-6-5-7-9/h4,9-11H,2-3,5-8H2,1H3. The topological polar surface area (TPSA) is 12.0 Å². The predicted octanol–water partition coefficient (Wildman–Crippen LogP) is 2.34. The van der Waals surface area contributed by atoms with Gasteiger partial charge in [-0.05, 0) is 31.7 Å². The third-order valence-electron chi connectivity index (χ3n) is 2.54. The van der Waals surface area contributed by atoms with E-state index in [1.165, 1.54) is 25.7 Å². The number of hydrogen-bond donors (Lipinski definition) is 1. The van der Waals surface area contributed by atoms with E-state index in [1.54, 1.807) is 0 Å². The van der Waals surface area contributed by atoms with E-state index in [9.17, 15) is 0 Å². The third-order valence-corrected chi connectivity index (χ3v) is 2.54. The first kappa shape index (κ1) is 8.79. The molecule has 11 heavy (non-hydrogen) atoms. The summed E-state index contributed by atoms with van der Waals surface area (Å²) in [4.78, 5) is 0. The lowest BCUT2D eigenvalue weighted by atomic mass is 9.80. The van der Waals surface area contributed by atoms with Gasteiger partial charge in [-0.2, -0.15) is 0 Å². The molecule has 1 nitrogen and oxygen atoms in total. The smallest absolute Gasteiger partial charge is 0.0275 e. The fourth-order valence-electron chi connectivity index (χ4n) is 1.55. The van der Waals surface area contributed by atoms with Crippen molar-refractivity contribution in [1.29, 1.82) is 0 Å². The Kier molecular flexibility index (Phi) is 3.64. The van der Waals surface area contributed by atoms with E-state index >= 15 is 0 Å². The summed E-state index contributed by atoms with van der Waals surface area (Å²) in [5.41, 5.74) is 0. The molecule has 0 bridgehead atoms. The first-order chi connectivity index (χ1) is 5.38. The van der Waals surface area contributed by atoms with Gasteiger partial charge in [0.1, 0.15) is 0 Å². The Hall–Kier alpha value is -0.300. The molecule has 0 aliphatic heterocycles. The molecule has 1 atom stereocenters. The van der Waals surface area contributed by atoms with Gasteiger partial charge in [0, 0.05) is 6.04 Å². The lowest BCUT2D eigenvalue weighted by Crippen LogP contribution is -2.38. The zero-order valence-corrected chi connectivity index (χ0v) is 7.47. The molecule has 0 amide bonds. The molecule has 1 rings (SSSR count). The van der Waals surface area contributed by atoms with Crippen LogP contribution in [0.15, 0.2) is 12.7 Å². The second-order valence-electron chi connectivity index (χ2n) is 3.41. The van der Waals surface area contributed by atoms with Crippen LogP contribution in [0.4, 0.5) is 0 Å². The average Bonchev–Trinajstić information content (AvgIpc) is 1.93. The van der Waals surface area contributed by atoms with Gasteiger partial charge in [0.05, 0.1) is 0 Å². The molecule has 0 saturated heterocycles. The molecule has 0 aromatic carbocycles. The highest BCUT2D eigenvalue weighted by Crippen LogP contribution is 2.29. The summed E-state index contributed by atoms with van der Waals surface area (Å²) in [5, 5.41) is 3.50. The molecule has 1 aliphatic carbocycles. The highest BCUT2D eigenvalue weighted by atomic mass is 14.9. The van der Waals surface area contributed by atoms with E-state index in [-0.39, 0.29) is 0 Å². The van der Waals surface area contributed by atoms with E-state index in [0.29, 0.717) is 6.04 Å². The minimum atomic E-state index is 0.587. The van der Waals surface area contributed by atoms with Crippen LogP contribution in [0, 0.1) is 5.92 Å². The summed E-state index contributed by atoms with van der Waals surface area (Å²) < 4.78 is 0. The van der Waals surface area contributed by atoms with Crippen LogP contribution in [0.25, 0.3) is 0 Å². The predicted molar refractivity (Wildman–Crippen MR) is 49.6 cm³/mol. The molecule has 0 aromatic rings. The lowest BCUT2D eigenvalue weighted by Gasteiger charge is -2.32. The van der Waals surface area contributed by atoms with Gasteiger partial charge in [-0.25, -0.2) is 0 Å². The molecule has 0 radical (unpaired) electrons. The molecule has 1 aliphatic rings. The van der Waals surface area contributed by atoms with Gasteiger partial charge < -0.3 is 5.32 Å². The largest absolute Gasteiger partial charge is 0.310 e. The second kappa shape index (κ2) is 4.55. The highest BCUT2D eigenvalue weighted by molar-refractivity contribution is 4.94. The van der Waals surface area contributed by atoms with Gasteiger partial charge in [0.15, 0.2) is 0 Å². The molecule has 1 heteroatoms. The van der Waals surface area contributed by atoms with Crippen LogP contribution in [0.1, 0.15) is 32.6 Å². The molecule has 1 saturated carbocycles. The molecule has 64 valence electrons. The van der Waals surface area contributed by atoms with Gasteiger partial charge in [0.2, 0.25) is 0 Å².